The Morgan fingerprint density at radius 2 is 1.65 bits per heavy atom. The van der Waals surface area contributed by atoms with E-state index in [-0.39, 0.29) is 0 Å². The third-order valence-corrected chi connectivity index (χ3v) is 3.10. The lowest BCUT2D eigenvalue weighted by atomic mass is 10.2. The molecule has 0 saturated heterocycles. The van der Waals surface area contributed by atoms with Crippen LogP contribution >= 0.6 is 0 Å². The molecule has 0 spiro atoms. The third kappa shape index (κ3) is 8.58. The molecule has 0 aliphatic rings. The summed E-state index contributed by atoms with van der Waals surface area (Å²) in [5.41, 5.74) is 0. The second kappa shape index (κ2) is 12.3. The standard InChI is InChI=1S/C14H32N2O/c1-5-8-10-16(11-9-6-2)14(13-17-4)12-15-7-3/h14-15H,5-13H2,1-4H3. The molecule has 0 aliphatic heterocycles. The van der Waals surface area contributed by atoms with Crippen LogP contribution in [-0.2, 0) is 4.74 Å². The van der Waals surface area contributed by atoms with E-state index in [0.717, 1.165) is 19.7 Å². The molecule has 1 unspecified atom stereocenters. The van der Waals surface area contributed by atoms with Crippen LogP contribution in [0.2, 0.25) is 0 Å². The average Bonchev–Trinajstić information content (AvgIpc) is 2.35. The Hall–Kier alpha value is -0.120. The van der Waals surface area contributed by atoms with Gasteiger partial charge in [0.1, 0.15) is 0 Å². The molecule has 0 aromatic rings. The Kier molecular flexibility index (Phi) is 12.3. The van der Waals surface area contributed by atoms with E-state index >= 15 is 0 Å². The minimum atomic E-state index is 0.526. The van der Waals surface area contributed by atoms with Crippen molar-refractivity contribution in [1.82, 2.24) is 10.2 Å². The van der Waals surface area contributed by atoms with E-state index in [2.05, 4.69) is 31.0 Å². The van der Waals surface area contributed by atoms with Gasteiger partial charge in [-0.3, -0.25) is 4.90 Å². The Balaban J connectivity index is 4.20. The highest BCUT2D eigenvalue weighted by molar-refractivity contribution is 4.73. The normalized spacial score (nSPS) is 13.2. The van der Waals surface area contributed by atoms with Crippen molar-refractivity contribution in [1.29, 1.82) is 0 Å². The predicted octanol–water partition coefficient (Wildman–Crippen LogP) is 2.51. The van der Waals surface area contributed by atoms with Gasteiger partial charge in [0.25, 0.3) is 0 Å². The maximum Gasteiger partial charge on any atom is 0.0630 e. The number of ether oxygens (including phenoxy) is 1. The van der Waals surface area contributed by atoms with Crippen LogP contribution in [0.25, 0.3) is 0 Å². The molecule has 0 fully saturated rings. The van der Waals surface area contributed by atoms with Gasteiger partial charge in [-0.1, -0.05) is 33.6 Å². The quantitative estimate of drug-likeness (QED) is 0.571. The summed E-state index contributed by atoms with van der Waals surface area (Å²) in [5, 5.41) is 3.44. The molecule has 104 valence electrons. The zero-order chi connectivity index (χ0) is 12.9. The maximum absolute atomic E-state index is 5.36. The highest BCUT2D eigenvalue weighted by atomic mass is 16.5. The van der Waals surface area contributed by atoms with Crippen molar-refractivity contribution >= 4 is 0 Å². The van der Waals surface area contributed by atoms with Crippen molar-refractivity contribution in [2.75, 3.05) is 39.9 Å². The van der Waals surface area contributed by atoms with Gasteiger partial charge in [-0.15, -0.1) is 0 Å². The Morgan fingerprint density at radius 1 is 1.06 bits per heavy atom. The van der Waals surface area contributed by atoms with E-state index in [1.807, 2.05) is 0 Å². The molecule has 0 aliphatic carbocycles. The van der Waals surface area contributed by atoms with E-state index in [0.29, 0.717) is 6.04 Å². The van der Waals surface area contributed by atoms with Gasteiger partial charge in [-0.25, -0.2) is 0 Å². The van der Waals surface area contributed by atoms with E-state index in [9.17, 15) is 0 Å². The summed E-state index contributed by atoms with van der Waals surface area (Å²) in [7, 11) is 1.80. The molecule has 3 heteroatoms. The number of nitrogens with one attached hydrogen (secondary N) is 1. The molecule has 0 bridgehead atoms. The molecule has 0 aromatic heterocycles. The summed E-state index contributed by atoms with van der Waals surface area (Å²) in [6.45, 7) is 12.0. The summed E-state index contributed by atoms with van der Waals surface area (Å²) >= 11 is 0. The molecular formula is C14H32N2O. The maximum atomic E-state index is 5.36. The van der Waals surface area contributed by atoms with Gasteiger partial charge in [0.05, 0.1) is 6.61 Å². The van der Waals surface area contributed by atoms with E-state index < -0.39 is 0 Å². The van der Waals surface area contributed by atoms with Crippen LogP contribution in [-0.4, -0.2) is 50.8 Å². The van der Waals surface area contributed by atoms with Crippen molar-refractivity contribution in [3.8, 4) is 0 Å². The molecule has 0 rings (SSSR count). The van der Waals surface area contributed by atoms with Gasteiger partial charge in [-0.05, 0) is 32.5 Å². The highest BCUT2D eigenvalue weighted by Crippen LogP contribution is 2.05. The summed E-state index contributed by atoms with van der Waals surface area (Å²) in [6.07, 6.45) is 5.11. The molecule has 0 heterocycles. The molecular weight excluding hydrogens is 212 g/mol. The highest BCUT2D eigenvalue weighted by Gasteiger charge is 2.16. The predicted molar refractivity (Wildman–Crippen MR) is 75.6 cm³/mol. The van der Waals surface area contributed by atoms with Crippen LogP contribution in [0, 0.1) is 0 Å². The average molecular weight is 244 g/mol. The monoisotopic (exact) mass is 244 g/mol. The largest absolute Gasteiger partial charge is 0.383 e. The molecule has 1 N–H and O–H groups in total. The number of methoxy groups -OCH3 is 1. The first-order valence-corrected chi connectivity index (χ1v) is 7.23. The van der Waals surface area contributed by atoms with Crippen LogP contribution in [0.1, 0.15) is 46.5 Å². The van der Waals surface area contributed by atoms with Crippen molar-refractivity contribution in [2.24, 2.45) is 0 Å². The summed E-state index contributed by atoms with van der Waals surface area (Å²) < 4.78 is 5.36. The number of rotatable bonds is 12. The lowest BCUT2D eigenvalue weighted by Gasteiger charge is -2.31. The number of unbranched alkanes of at least 4 members (excludes halogenated alkanes) is 2. The lowest BCUT2D eigenvalue weighted by Crippen LogP contribution is -2.46. The van der Waals surface area contributed by atoms with Crippen LogP contribution in [0.5, 0.6) is 0 Å². The number of hydrogen-bond acceptors (Lipinski definition) is 3. The van der Waals surface area contributed by atoms with Crippen LogP contribution < -0.4 is 5.32 Å². The Morgan fingerprint density at radius 3 is 2.06 bits per heavy atom. The zero-order valence-corrected chi connectivity index (χ0v) is 12.3. The van der Waals surface area contributed by atoms with Crippen molar-refractivity contribution < 1.29 is 4.74 Å². The molecule has 0 aromatic carbocycles. The van der Waals surface area contributed by atoms with Crippen LogP contribution in [0.3, 0.4) is 0 Å². The van der Waals surface area contributed by atoms with Gasteiger partial charge in [0, 0.05) is 19.7 Å². The van der Waals surface area contributed by atoms with Gasteiger partial charge in [0.15, 0.2) is 0 Å². The van der Waals surface area contributed by atoms with Gasteiger partial charge in [-0.2, -0.15) is 0 Å². The molecule has 17 heavy (non-hydrogen) atoms. The number of nitrogens with zero attached hydrogens (tertiary/aromatic N) is 1. The Labute approximate surface area is 108 Å². The van der Waals surface area contributed by atoms with Crippen LogP contribution in [0.4, 0.5) is 0 Å². The van der Waals surface area contributed by atoms with Crippen molar-refractivity contribution in [3.05, 3.63) is 0 Å². The smallest absolute Gasteiger partial charge is 0.0630 e. The molecule has 0 amide bonds. The van der Waals surface area contributed by atoms with Crippen molar-refractivity contribution in [2.45, 2.75) is 52.5 Å². The van der Waals surface area contributed by atoms with E-state index in [1.54, 1.807) is 7.11 Å². The SMILES string of the molecule is CCCCN(CCCC)C(CNCC)COC. The van der Waals surface area contributed by atoms with Gasteiger partial charge >= 0.3 is 0 Å². The summed E-state index contributed by atoms with van der Waals surface area (Å²) in [4.78, 5) is 2.60. The fraction of sp³-hybridized carbons (Fsp3) is 1.00. The van der Waals surface area contributed by atoms with Crippen molar-refractivity contribution in [3.63, 3.8) is 0 Å². The van der Waals surface area contributed by atoms with E-state index in [1.165, 1.54) is 38.8 Å². The third-order valence-electron chi connectivity index (χ3n) is 3.10. The molecule has 3 nitrogen and oxygen atoms in total. The minimum Gasteiger partial charge on any atom is -0.383 e. The first-order chi connectivity index (χ1) is 8.29. The van der Waals surface area contributed by atoms with Gasteiger partial charge < -0.3 is 10.1 Å². The van der Waals surface area contributed by atoms with Gasteiger partial charge in [0.2, 0.25) is 0 Å². The van der Waals surface area contributed by atoms with E-state index in [4.69, 9.17) is 4.74 Å². The lowest BCUT2D eigenvalue weighted by molar-refractivity contribution is 0.0872. The minimum absolute atomic E-state index is 0.526. The first kappa shape index (κ1) is 16.9. The first-order valence-electron chi connectivity index (χ1n) is 7.23. The summed E-state index contributed by atoms with van der Waals surface area (Å²) in [6, 6.07) is 0.526. The zero-order valence-electron chi connectivity index (χ0n) is 12.3. The molecule has 1 atom stereocenters. The molecule has 0 saturated carbocycles. The topological polar surface area (TPSA) is 24.5 Å². The summed E-state index contributed by atoms with van der Waals surface area (Å²) in [5.74, 6) is 0. The molecule has 0 radical (unpaired) electrons. The van der Waals surface area contributed by atoms with Crippen LogP contribution in [0.15, 0.2) is 0 Å². The Bertz CT molecular complexity index is 145. The second-order valence-electron chi connectivity index (χ2n) is 4.66. The number of likely N-dealkylation sites (N-methyl/N-ethyl adjacent to an activating group) is 1. The fourth-order valence-corrected chi connectivity index (χ4v) is 2.00. The number of hydrogen-bond donors (Lipinski definition) is 1. The fourth-order valence-electron chi connectivity index (χ4n) is 2.00. The second-order valence-corrected chi connectivity index (χ2v) is 4.66.